The Bertz CT molecular complexity index is 601. The van der Waals surface area contributed by atoms with Crippen molar-refractivity contribution in [3.63, 3.8) is 0 Å². The van der Waals surface area contributed by atoms with Crippen molar-refractivity contribution >= 4 is 28.4 Å². The number of alkyl carbamates (subject to hydrolysis) is 1. The largest absolute Gasteiger partial charge is 0.467 e. The molecule has 0 unspecified atom stereocenters. The molecule has 2 amide bonds. The SMILES string of the molecule is CCOC(=O)N[C@@H](CCCCNS(=O)(=O)NC(=O)OC(C)(C)C)C(=O)OC. The van der Waals surface area contributed by atoms with Gasteiger partial charge in [-0.15, -0.1) is 0 Å². The highest BCUT2D eigenvalue weighted by Crippen LogP contribution is 2.07. The first-order valence-electron chi connectivity index (χ1n) is 8.41. The molecule has 0 saturated heterocycles. The van der Waals surface area contributed by atoms with E-state index >= 15 is 0 Å². The molecule has 0 aromatic rings. The zero-order valence-electron chi connectivity index (χ0n) is 16.3. The molecule has 0 aliphatic rings. The van der Waals surface area contributed by atoms with E-state index in [2.05, 4.69) is 14.8 Å². The molecule has 0 aliphatic carbocycles. The highest BCUT2D eigenvalue weighted by atomic mass is 32.2. The fourth-order valence-corrected chi connectivity index (χ4v) is 2.58. The van der Waals surface area contributed by atoms with Gasteiger partial charge in [-0.05, 0) is 47.0 Å². The Morgan fingerprint density at radius 3 is 2.22 bits per heavy atom. The fourth-order valence-electron chi connectivity index (χ4n) is 1.83. The van der Waals surface area contributed by atoms with E-state index in [9.17, 15) is 22.8 Å². The number of amides is 2. The number of esters is 1. The quantitative estimate of drug-likeness (QED) is 0.271. The van der Waals surface area contributed by atoms with Crippen LogP contribution in [-0.2, 0) is 29.2 Å². The first-order valence-corrected chi connectivity index (χ1v) is 9.90. The third kappa shape index (κ3) is 12.8. The summed E-state index contributed by atoms with van der Waals surface area (Å²) in [6.07, 6.45) is -0.837. The minimum absolute atomic E-state index is 0.0193. The van der Waals surface area contributed by atoms with Gasteiger partial charge in [0.2, 0.25) is 0 Å². The molecule has 1 atom stereocenters. The van der Waals surface area contributed by atoms with E-state index in [1.54, 1.807) is 32.4 Å². The Labute approximate surface area is 159 Å². The third-order valence-electron chi connectivity index (χ3n) is 2.88. The van der Waals surface area contributed by atoms with Crippen LogP contribution >= 0.6 is 0 Å². The van der Waals surface area contributed by atoms with E-state index in [0.717, 1.165) is 0 Å². The number of rotatable bonds is 10. The minimum Gasteiger partial charge on any atom is -0.467 e. The lowest BCUT2D eigenvalue weighted by atomic mass is 10.1. The molecule has 0 aromatic carbocycles. The molecule has 0 aliphatic heterocycles. The van der Waals surface area contributed by atoms with Gasteiger partial charge in [-0.25, -0.2) is 19.1 Å². The molecular weight excluding hydrogens is 382 g/mol. The van der Waals surface area contributed by atoms with Crippen molar-refractivity contribution in [3.8, 4) is 0 Å². The summed E-state index contributed by atoms with van der Waals surface area (Å²) in [5.41, 5.74) is -0.825. The second-order valence-electron chi connectivity index (χ2n) is 6.44. The zero-order chi connectivity index (χ0) is 21.1. The van der Waals surface area contributed by atoms with E-state index in [0.29, 0.717) is 12.8 Å². The topological polar surface area (TPSA) is 149 Å². The van der Waals surface area contributed by atoms with Crippen molar-refractivity contribution in [3.05, 3.63) is 0 Å². The Hall–Kier alpha value is -2.08. The van der Waals surface area contributed by atoms with Gasteiger partial charge in [-0.2, -0.15) is 13.1 Å². The van der Waals surface area contributed by atoms with E-state index in [1.165, 1.54) is 7.11 Å². The van der Waals surface area contributed by atoms with Gasteiger partial charge in [0.1, 0.15) is 11.6 Å². The van der Waals surface area contributed by atoms with Gasteiger partial charge in [0.05, 0.1) is 13.7 Å². The molecule has 0 heterocycles. The number of ether oxygens (including phenoxy) is 3. The normalized spacial score (nSPS) is 12.6. The molecule has 0 rings (SSSR count). The van der Waals surface area contributed by atoms with Gasteiger partial charge in [-0.3, -0.25) is 0 Å². The van der Waals surface area contributed by atoms with Crippen LogP contribution in [0.1, 0.15) is 47.0 Å². The van der Waals surface area contributed by atoms with Crippen LogP contribution in [0.4, 0.5) is 9.59 Å². The number of unbranched alkanes of at least 4 members (excludes halogenated alkanes) is 1. The van der Waals surface area contributed by atoms with Crippen LogP contribution in [0.25, 0.3) is 0 Å². The van der Waals surface area contributed by atoms with E-state index < -0.39 is 40.0 Å². The molecule has 0 bridgehead atoms. The molecule has 0 saturated carbocycles. The van der Waals surface area contributed by atoms with Crippen LogP contribution in [0.5, 0.6) is 0 Å². The number of carbonyl (C=O) groups excluding carboxylic acids is 3. The number of hydrogen-bond donors (Lipinski definition) is 3. The number of methoxy groups -OCH3 is 1. The highest BCUT2D eigenvalue weighted by Gasteiger charge is 2.23. The molecule has 12 heteroatoms. The Balaban J connectivity index is 4.31. The number of carbonyl (C=O) groups is 3. The van der Waals surface area contributed by atoms with Crippen molar-refractivity contribution < 1.29 is 37.0 Å². The lowest BCUT2D eigenvalue weighted by Crippen LogP contribution is -2.43. The Kier molecular flexibility index (Phi) is 10.7. The maximum Gasteiger partial charge on any atom is 0.422 e. The summed E-state index contributed by atoms with van der Waals surface area (Å²) in [6, 6.07) is -0.898. The summed E-state index contributed by atoms with van der Waals surface area (Å²) in [7, 11) is -2.86. The predicted octanol–water partition coefficient (Wildman–Crippen LogP) is 0.804. The van der Waals surface area contributed by atoms with E-state index in [-0.39, 0.29) is 19.6 Å². The summed E-state index contributed by atoms with van der Waals surface area (Å²) in [6.45, 7) is 6.62. The van der Waals surface area contributed by atoms with Crippen molar-refractivity contribution in [2.75, 3.05) is 20.3 Å². The van der Waals surface area contributed by atoms with Crippen molar-refractivity contribution in [2.45, 2.75) is 58.6 Å². The van der Waals surface area contributed by atoms with Gasteiger partial charge < -0.3 is 19.5 Å². The first kappa shape index (κ1) is 24.9. The van der Waals surface area contributed by atoms with E-state index in [4.69, 9.17) is 9.47 Å². The standard InChI is InChI=1S/C15H29N3O8S/c1-6-25-13(20)17-11(12(19)24-5)9-7-8-10-16-27(22,23)18-14(21)26-15(2,3)4/h11,16H,6-10H2,1-5H3,(H,17,20)(H,18,21)/t11-/m0/s1. The zero-order valence-corrected chi connectivity index (χ0v) is 17.1. The summed E-state index contributed by atoms with van der Waals surface area (Å²) in [5.74, 6) is -0.629. The third-order valence-corrected chi connectivity index (χ3v) is 3.90. The van der Waals surface area contributed by atoms with Crippen LogP contribution in [-0.4, -0.2) is 58.5 Å². The number of nitrogens with one attached hydrogen (secondary N) is 3. The maximum atomic E-state index is 11.7. The minimum atomic E-state index is -4.06. The smallest absolute Gasteiger partial charge is 0.422 e. The van der Waals surface area contributed by atoms with Crippen molar-refractivity contribution in [2.24, 2.45) is 0 Å². The molecule has 0 radical (unpaired) electrons. The molecule has 0 spiro atoms. The van der Waals surface area contributed by atoms with Crippen LogP contribution in [0.2, 0.25) is 0 Å². The molecule has 0 aromatic heterocycles. The van der Waals surface area contributed by atoms with Gasteiger partial charge in [0.15, 0.2) is 0 Å². The lowest BCUT2D eigenvalue weighted by molar-refractivity contribution is -0.143. The lowest BCUT2D eigenvalue weighted by Gasteiger charge is -2.19. The molecule has 158 valence electrons. The van der Waals surface area contributed by atoms with Gasteiger partial charge >= 0.3 is 28.4 Å². The molecule has 11 nitrogen and oxygen atoms in total. The second-order valence-corrected chi connectivity index (χ2v) is 7.94. The molecule has 3 N–H and O–H groups in total. The van der Waals surface area contributed by atoms with Crippen molar-refractivity contribution in [1.29, 1.82) is 0 Å². The first-order chi connectivity index (χ1) is 12.4. The van der Waals surface area contributed by atoms with Crippen LogP contribution in [0.3, 0.4) is 0 Å². The van der Waals surface area contributed by atoms with E-state index in [1.807, 2.05) is 0 Å². The second kappa shape index (κ2) is 11.6. The monoisotopic (exact) mass is 411 g/mol. The Morgan fingerprint density at radius 1 is 1.07 bits per heavy atom. The predicted molar refractivity (Wildman–Crippen MR) is 96.1 cm³/mol. The molecular formula is C15H29N3O8S. The van der Waals surface area contributed by atoms with Gasteiger partial charge in [-0.1, -0.05) is 0 Å². The molecule has 0 fully saturated rings. The van der Waals surface area contributed by atoms with Crippen LogP contribution in [0, 0.1) is 0 Å². The van der Waals surface area contributed by atoms with Crippen LogP contribution in [0.15, 0.2) is 0 Å². The number of hydrogen-bond acceptors (Lipinski definition) is 8. The molecule has 27 heavy (non-hydrogen) atoms. The maximum absolute atomic E-state index is 11.7. The summed E-state index contributed by atoms with van der Waals surface area (Å²) < 4.78 is 41.5. The Morgan fingerprint density at radius 2 is 1.70 bits per heavy atom. The van der Waals surface area contributed by atoms with Gasteiger partial charge in [0, 0.05) is 6.54 Å². The average Bonchev–Trinajstić information content (AvgIpc) is 2.50. The fraction of sp³-hybridized carbons (Fsp3) is 0.800. The summed E-state index contributed by atoms with van der Waals surface area (Å²) >= 11 is 0. The summed E-state index contributed by atoms with van der Waals surface area (Å²) in [5, 5.41) is 2.38. The highest BCUT2D eigenvalue weighted by molar-refractivity contribution is 7.88. The van der Waals surface area contributed by atoms with Gasteiger partial charge in [0.25, 0.3) is 0 Å². The average molecular weight is 411 g/mol. The van der Waals surface area contributed by atoms with Crippen molar-refractivity contribution in [1.82, 2.24) is 14.8 Å². The van der Waals surface area contributed by atoms with Crippen LogP contribution < -0.4 is 14.8 Å². The summed E-state index contributed by atoms with van der Waals surface area (Å²) in [4.78, 5) is 34.5.